The maximum absolute atomic E-state index is 12.0. The van der Waals surface area contributed by atoms with E-state index in [2.05, 4.69) is 0 Å². The summed E-state index contributed by atoms with van der Waals surface area (Å²) in [6, 6.07) is 14.8. The van der Waals surface area contributed by atoms with Gasteiger partial charge in [-0.1, -0.05) is 35.9 Å². The van der Waals surface area contributed by atoms with E-state index in [1.807, 2.05) is 43.0 Å². The summed E-state index contributed by atoms with van der Waals surface area (Å²) in [5, 5.41) is 0.364. The molecular weight excluding hydrogens is 314 g/mol. The van der Waals surface area contributed by atoms with Crippen molar-refractivity contribution in [3.63, 3.8) is 0 Å². The molecule has 1 atom stereocenters. The lowest BCUT2D eigenvalue weighted by atomic mass is 10.2. The van der Waals surface area contributed by atoms with Gasteiger partial charge in [-0.15, -0.1) is 0 Å². The number of para-hydroxylation sites is 1. The molecule has 23 heavy (non-hydrogen) atoms. The van der Waals surface area contributed by atoms with Crippen LogP contribution in [-0.2, 0) is 4.74 Å². The number of aryl methyl sites for hydroxylation is 1. The van der Waals surface area contributed by atoms with Crippen molar-refractivity contribution in [2.75, 3.05) is 11.4 Å². The first kappa shape index (κ1) is 17.2. The second-order valence-corrected chi connectivity index (χ2v) is 5.53. The van der Waals surface area contributed by atoms with Crippen LogP contribution in [-0.4, -0.2) is 18.9 Å². The fraction of sp³-hybridized carbons (Fsp3) is 0.278. The minimum atomic E-state index is -0.781. The van der Waals surface area contributed by atoms with Gasteiger partial charge in [0, 0.05) is 12.2 Å². The monoisotopic (exact) mass is 333 g/mol. The molecule has 0 aromatic heterocycles. The van der Waals surface area contributed by atoms with Crippen LogP contribution < -0.4 is 9.64 Å². The number of carbonyl (C=O) groups is 1. The Morgan fingerprint density at radius 2 is 1.96 bits per heavy atom. The Labute approximate surface area is 141 Å². The maximum Gasteiger partial charge on any atom is 0.515 e. The minimum absolute atomic E-state index is 0.282. The van der Waals surface area contributed by atoms with E-state index in [1.165, 1.54) is 0 Å². The second kappa shape index (κ2) is 7.88. The molecule has 0 N–H and O–H groups in total. The Morgan fingerprint density at radius 1 is 1.22 bits per heavy atom. The molecule has 2 rings (SSSR count). The molecule has 0 radical (unpaired) electrons. The van der Waals surface area contributed by atoms with Crippen LogP contribution in [0, 0.1) is 6.92 Å². The van der Waals surface area contributed by atoms with Crippen LogP contribution in [0.25, 0.3) is 0 Å². The van der Waals surface area contributed by atoms with Gasteiger partial charge in [-0.05, 0) is 50.6 Å². The van der Waals surface area contributed by atoms with E-state index in [9.17, 15) is 4.79 Å². The molecule has 0 saturated heterocycles. The van der Waals surface area contributed by atoms with Gasteiger partial charge in [0.05, 0.1) is 5.02 Å². The third-order valence-electron chi connectivity index (χ3n) is 3.41. The van der Waals surface area contributed by atoms with E-state index in [0.717, 1.165) is 11.3 Å². The number of rotatable bonds is 5. The molecule has 122 valence electrons. The molecule has 0 spiro atoms. The van der Waals surface area contributed by atoms with Gasteiger partial charge in [0.25, 0.3) is 0 Å². The molecule has 0 aliphatic rings. The van der Waals surface area contributed by atoms with E-state index in [0.29, 0.717) is 11.6 Å². The Bertz CT molecular complexity index is 675. The molecule has 5 heteroatoms. The van der Waals surface area contributed by atoms with E-state index in [1.54, 1.807) is 31.2 Å². The summed E-state index contributed by atoms with van der Waals surface area (Å²) in [4.78, 5) is 13.9. The summed E-state index contributed by atoms with van der Waals surface area (Å²) in [5.74, 6) is 0.282. The quantitative estimate of drug-likeness (QED) is 0.436. The zero-order chi connectivity index (χ0) is 16.8. The van der Waals surface area contributed by atoms with Crippen LogP contribution in [0.4, 0.5) is 10.5 Å². The number of halogens is 1. The fourth-order valence-corrected chi connectivity index (χ4v) is 2.47. The molecule has 0 amide bonds. The van der Waals surface area contributed by atoms with Crippen LogP contribution in [0.3, 0.4) is 0 Å². The number of ether oxygens (including phenoxy) is 2. The summed E-state index contributed by atoms with van der Waals surface area (Å²) >= 11 is 5.96. The normalized spacial score (nSPS) is 11.7. The molecule has 0 aliphatic heterocycles. The molecule has 0 fully saturated rings. The summed E-state index contributed by atoms with van der Waals surface area (Å²) in [6.07, 6.45) is -1.24. The van der Waals surface area contributed by atoms with Crippen molar-refractivity contribution >= 4 is 23.4 Å². The van der Waals surface area contributed by atoms with Gasteiger partial charge in [-0.25, -0.2) is 4.79 Å². The van der Waals surface area contributed by atoms with Gasteiger partial charge in [0.1, 0.15) is 0 Å². The lowest BCUT2D eigenvalue weighted by Crippen LogP contribution is -2.37. The van der Waals surface area contributed by atoms with Crippen molar-refractivity contribution in [1.82, 2.24) is 0 Å². The SMILES string of the molecule is CCN(c1cccc(C)c1)C(C)OC(=O)Oc1ccccc1Cl. The third kappa shape index (κ3) is 4.63. The standard InChI is InChI=1S/C18H20ClNO3/c1-4-20(15-9-7-8-13(2)12-15)14(3)22-18(21)23-17-11-6-5-10-16(17)19/h5-12,14H,4H2,1-3H3. The van der Waals surface area contributed by atoms with Crippen molar-refractivity contribution in [1.29, 1.82) is 0 Å². The van der Waals surface area contributed by atoms with Crippen molar-refractivity contribution in [3.05, 3.63) is 59.1 Å². The molecule has 2 aromatic rings. The number of carbonyl (C=O) groups excluding carboxylic acids is 1. The van der Waals surface area contributed by atoms with Gasteiger partial charge in [0.15, 0.2) is 12.0 Å². The van der Waals surface area contributed by atoms with E-state index < -0.39 is 12.4 Å². The molecule has 0 heterocycles. The molecular formula is C18H20ClNO3. The smallest absolute Gasteiger partial charge is 0.410 e. The van der Waals surface area contributed by atoms with Gasteiger partial charge >= 0.3 is 6.16 Å². The van der Waals surface area contributed by atoms with Gasteiger partial charge < -0.3 is 14.4 Å². The average Bonchev–Trinajstić information content (AvgIpc) is 2.50. The highest BCUT2D eigenvalue weighted by Crippen LogP contribution is 2.24. The third-order valence-corrected chi connectivity index (χ3v) is 3.72. The fourth-order valence-electron chi connectivity index (χ4n) is 2.30. The lowest BCUT2D eigenvalue weighted by molar-refractivity contribution is 0.0646. The highest BCUT2D eigenvalue weighted by molar-refractivity contribution is 6.32. The van der Waals surface area contributed by atoms with Crippen LogP contribution in [0.5, 0.6) is 5.75 Å². The number of hydrogen-bond acceptors (Lipinski definition) is 4. The van der Waals surface area contributed by atoms with Crippen LogP contribution >= 0.6 is 11.6 Å². The van der Waals surface area contributed by atoms with Crippen LogP contribution in [0.2, 0.25) is 5.02 Å². The maximum atomic E-state index is 12.0. The Morgan fingerprint density at radius 3 is 2.61 bits per heavy atom. The summed E-state index contributed by atoms with van der Waals surface area (Å²) in [6.45, 7) is 6.53. The average molecular weight is 334 g/mol. The summed E-state index contributed by atoms with van der Waals surface area (Å²) < 4.78 is 10.5. The van der Waals surface area contributed by atoms with Crippen molar-refractivity contribution in [2.24, 2.45) is 0 Å². The zero-order valence-corrected chi connectivity index (χ0v) is 14.2. The van der Waals surface area contributed by atoms with Gasteiger partial charge in [-0.3, -0.25) is 0 Å². The van der Waals surface area contributed by atoms with Crippen molar-refractivity contribution in [3.8, 4) is 5.75 Å². The molecule has 1 unspecified atom stereocenters. The molecule has 0 bridgehead atoms. The molecule has 0 saturated carbocycles. The highest BCUT2D eigenvalue weighted by atomic mass is 35.5. The number of anilines is 1. The number of hydrogen-bond donors (Lipinski definition) is 0. The molecule has 4 nitrogen and oxygen atoms in total. The topological polar surface area (TPSA) is 38.8 Å². The predicted molar refractivity (Wildman–Crippen MR) is 92.2 cm³/mol. The number of benzene rings is 2. The molecule has 0 aliphatic carbocycles. The predicted octanol–water partition coefficient (Wildman–Crippen LogP) is 5.04. The van der Waals surface area contributed by atoms with Gasteiger partial charge in [-0.2, -0.15) is 0 Å². The minimum Gasteiger partial charge on any atom is -0.410 e. The largest absolute Gasteiger partial charge is 0.515 e. The molecule has 2 aromatic carbocycles. The Kier molecular flexibility index (Phi) is 5.88. The Hall–Kier alpha value is -2.20. The zero-order valence-electron chi connectivity index (χ0n) is 13.5. The van der Waals surface area contributed by atoms with E-state index >= 15 is 0 Å². The summed E-state index contributed by atoms with van der Waals surface area (Å²) in [7, 11) is 0. The first-order valence-electron chi connectivity index (χ1n) is 7.47. The van der Waals surface area contributed by atoms with Crippen molar-refractivity contribution < 1.29 is 14.3 Å². The lowest BCUT2D eigenvalue weighted by Gasteiger charge is -2.29. The first-order valence-corrected chi connectivity index (χ1v) is 7.85. The van der Waals surface area contributed by atoms with Crippen molar-refractivity contribution in [2.45, 2.75) is 27.0 Å². The first-order chi connectivity index (χ1) is 11.0. The van der Waals surface area contributed by atoms with E-state index in [4.69, 9.17) is 21.1 Å². The second-order valence-electron chi connectivity index (χ2n) is 5.12. The summed E-state index contributed by atoms with van der Waals surface area (Å²) in [5.41, 5.74) is 2.14. The van der Waals surface area contributed by atoms with Crippen LogP contribution in [0.15, 0.2) is 48.5 Å². The number of nitrogens with zero attached hydrogens (tertiary/aromatic N) is 1. The Balaban J connectivity index is 2.03. The highest BCUT2D eigenvalue weighted by Gasteiger charge is 2.19. The van der Waals surface area contributed by atoms with Crippen LogP contribution in [0.1, 0.15) is 19.4 Å². The van der Waals surface area contributed by atoms with Gasteiger partial charge in [0.2, 0.25) is 0 Å². The van der Waals surface area contributed by atoms with E-state index in [-0.39, 0.29) is 5.75 Å².